The average Bonchev–Trinajstić information content (AvgIpc) is 3.25. The predicted octanol–water partition coefficient (Wildman–Crippen LogP) is 3.26. The maximum atomic E-state index is 13.0. The van der Waals surface area contributed by atoms with Crippen LogP contribution in [-0.4, -0.2) is 31.7 Å². The second-order valence-corrected chi connectivity index (χ2v) is 8.96. The molecule has 4 aliphatic rings. The van der Waals surface area contributed by atoms with Crippen molar-refractivity contribution in [3.8, 4) is 6.07 Å². The average molecular weight is 377 g/mol. The first-order chi connectivity index (χ1) is 13.7. The van der Waals surface area contributed by atoms with Gasteiger partial charge in [0, 0.05) is 17.6 Å². The summed E-state index contributed by atoms with van der Waals surface area (Å²) >= 11 is 0. The first kappa shape index (κ1) is 16.4. The summed E-state index contributed by atoms with van der Waals surface area (Å²) in [6, 6.07) is 4.41. The van der Waals surface area contributed by atoms with E-state index in [1.165, 1.54) is 12.8 Å². The molecule has 2 unspecified atom stereocenters. The summed E-state index contributed by atoms with van der Waals surface area (Å²) in [5.74, 6) is 1.59. The number of H-pyrrole nitrogens is 2. The molecule has 0 amide bonds. The summed E-state index contributed by atoms with van der Waals surface area (Å²) in [5.41, 5.74) is 2.51. The van der Waals surface area contributed by atoms with Crippen LogP contribution in [-0.2, 0) is 4.74 Å². The van der Waals surface area contributed by atoms with E-state index in [9.17, 15) is 4.79 Å². The van der Waals surface area contributed by atoms with E-state index in [0.717, 1.165) is 41.3 Å². The van der Waals surface area contributed by atoms with Crippen molar-refractivity contribution in [2.75, 3.05) is 6.61 Å². The molecule has 4 fully saturated rings. The van der Waals surface area contributed by atoms with Crippen molar-refractivity contribution in [2.45, 2.75) is 50.2 Å². The summed E-state index contributed by atoms with van der Waals surface area (Å²) in [7, 11) is 0. The number of rotatable bonds is 4. The molecule has 28 heavy (non-hydrogen) atoms. The van der Waals surface area contributed by atoms with E-state index in [1.54, 1.807) is 6.20 Å². The third kappa shape index (κ3) is 2.18. The molecule has 2 atom stereocenters. The number of nitriles is 1. The number of aromatic amines is 2. The van der Waals surface area contributed by atoms with Crippen LogP contribution in [0.1, 0.15) is 44.6 Å². The Kier molecular flexibility index (Phi) is 3.34. The molecule has 7 rings (SSSR count). The van der Waals surface area contributed by atoms with Crippen LogP contribution in [0.3, 0.4) is 0 Å². The lowest BCUT2D eigenvalue weighted by molar-refractivity contribution is -0.178. The number of hydrogen-bond donors (Lipinski definition) is 2. The number of pyridine rings is 1. The first-order valence-corrected chi connectivity index (χ1v) is 10.2. The highest BCUT2D eigenvalue weighted by molar-refractivity contribution is 6.00. The zero-order chi connectivity index (χ0) is 18.9. The zero-order valence-electron chi connectivity index (χ0n) is 15.6. The lowest BCUT2D eigenvalue weighted by Crippen LogP contribution is -2.57. The van der Waals surface area contributed by atoms with E-state index in [1.807, 2.05) is 16.8 Å². The molecule has 0 radical (unpaired) electrons. The van der Waals surface area contributed by atoms with Gasteiger partial charge in [0.2, 0.25) is 0 Å². The quantitative estimate of drug-likeness (QED) is 0.682. The lowest BCUT2D eigenvalue weighted by Gasteiger charge is -2.59. The number of fused-ring (bicyclic) bond motifs is 3. The predicted molar refractivity (Wildman–Crippen MR) is 104 cm³/mol. The van der Waals surface area contributed by atoms with Gasteiger partial charge < -0.3 is 14.7 Å². The van der Waals surface area contributed by atoms with E-state index >= 15 is 0 Å². The fraction of sp³-hybridized carbons (Fsp3) is 0.571. The van der Waals surface area contributed by atoms with Gasteiger partial charge in [-0.25, -0.2) is 9.78 Å². The van der Waals surface area contributed by atoms with E-state index in [2.05, 4.69) is 21.0 Å². The number of nitrogens with zero attached hydrogens (tertiary/aromatic N) is 3. The Morgan fingerprint density at radius 3 is 2.93 bits per heavy atom. The fourth-order valence-electron chi connectivity index (χ4n) is 6.74. The van der Waals surface area contributed by atoms with E-state index in [0.29, 0.717) is 30.8 Å². The van der Waals surface area contributed by atoms with Crippen molar-refractivity contribution >= 4 is 22.1 Å². The number of hydrogen-bond acceptors (Lipinski definition) is 4. The van der Waals surface area contributed by atoms with E-state index in [-0.39, 0.29) is 17.3 Å². The molecule has 0 spiro atoms. The van der Waals surface area contributed by atoms with Gasteiger partial charge in [0.05, 0.1) is 41.9 Å². The first-order valence-electron chi connectivity index (χ1n) is 10.2. The van der Waals surface area contributed by atoms with Crippen LogP contribution in [0.4, 0.5) is 0 Å². The van der Waals surface area contributed by atoms with Crippen LogP contribution < -0.4 is 5.69 Å². The van der Waals surface area contributed by atoms with Crippen LogP contribution in [0, 0.1) is 29.1 Å². The molecule has 0 aromatic carbocycles. The number of nitrogens with one attached hydrogen (secondary N) is 2. The van der Waals surface area contributed by atoms with Crippen molar-refractivity contribution in [3.05, 3.63) is 28.9 Å². The van der Waals surface area contributed by atoms with Gasteiger partial charge in [0.1, 0.15) is 5.65 Å². The van der Waals surface area contributed by atoms with Gasteiger partial charge in [-0.2, -0.15) is 5.26 Å². The molecule has 7 heteroatoms. The Bertz CT molecular complexity index is 1150. The molecule has 0 aliphatic heterocycles. The molecule has 3 heterocycles. The van der Waals surface area contributed by atoms with Crippen LogP contribution in [0.5, 0.6) is 0 Å². The van der Waals surface area contributed by atoms with Gasteiger partial charge in [0.25, 0.3) is 0 Å². The van der Waals surface area contributed by atoms with Gasteiger partial charge in [-0.15, -0.1) is 0 Å². The van der Waals surface area contributed by atoms with Gasteiger partial charge in [0.15, 0.2) is 0 Å². The van der Waals surface area contributed by atoms with Crippen molar-refractivity contribution in [3.63, 3.8) is 0 Å². The molecule has 7 nitrogen and oxygen atoms in total. The molecule has 4 bridgehead atoms. The minimum absolute atomic E-state index is 0.0255. The third-order valence-corrected chi connectivity index (χ3v) is 7.35. The molecule has 144 valence electrons. The minimum Gasteiger partial charge on any atom is -0.374 e. The van der Waals surface area contributed by atoms with E-state index < -0.39 is 0 Å². The molecular weight excluding hydrogens is 354 g/mol. The number of aromatic nitrogens is 4. The Labute approximate surface area is 161 Å². The molecule has 3 aromatic rings. The summed E-state index contributed by atoms with van der Waals surface area (Å²) in [5, 5.41) is 9.87. The van der Waals surface area contributed by atoms with Crippen molar-refractivity contribution in [1.29, 1.82) is 5.26 Å². The Morgan fingerprint density at radius 2 is 2.14 bits per heavy atom. The SMILES string of the molecule is N#CCCOC12CC3CC(C1)C(n1c(=O)[nH]c4cnc5[nH]ccc5c41)C(C3)C2. The fourth-order valence-corrected chi connectivity index (χ4v) is 6.74. The Hall–Kier alpha value is -2.59. The minimum atomic E-state index is -0.0788. The van der Waals surface area contributed by atoms with Crippen molar-refractivity contribution in [1.82, 2.24) is 19.5 Å². The largest absolute Gasteiger partial charge is 0.374 e. The molecule has 3 aromatic heterocycles. The van der Waals surface area contributed by atoms with Crippen LogP contribution >= 0.6 is 0 Å². The van der Waals surface area contributed by atoms with Crippen LogP contribution in [0.15, 0.2) is 23.3 Å². The maximum absolute atomic E-state index is 13.0. The van der Waals surface area contributed by atoms with E-state index in [4.69, 9.17) is 10.00 Å². The highest BCUT2D eigenvalue weighted by atomic mass is 16.5. The Morgan fingerprint density at radius 1 is 1.32 bits per heavy atom. The summed E-state index contributed by atoms with van der Waals surface area (Å²) in [4.78, 5) is 23.6. The molecule has 2 N–H and O–H groups in total. The molecular formula is C21H23N5O2. The normalized spacial score (nSPS) is 33.7. The topological polar surface area (TPSA) is 99.5 Å². The van der Waals surface area contributed by atoms with Gasteiger partial charge in [-0.05, 0) is 55.9 Å². The molecule has 4 aliphatic carbocycles. The summed E-state index contributed by atoms with van der Waals surface area (Å²) < 4.78 is 8.32. The highest BCUT2D eigenvalue weighted by Gasteiger charge is 2.57. The van der Waals surface area contributed by atoms with Gasteiger partial charge >= 0.3 is 5.69 Å². The second-order valence-electron chi connectivity index (χ2n) is 8.96. The van der Waals surface area contributed by atoms with Gasteiger partial charge in [-0.3, -0.25) is 4.57 Å². The smallest absolute Gasteiger partial charge is 0.326 e. The number of ether oxygens (including phenoxy) is 1. The molecule has 0 saturated heterocycles. The second kappa shape index (κ2) is 5.71. The standard InChI is InChI=1S/C21H23N5O2/c22-3-1-5-28-21-8-12-6-13(9-21)17(14(7-12)10-21)26-18-15-2-4-23-19(15)24-11-16(18)25-20(26)27/h2,4,11-14,17H,1,5-10H2,(H,23,24)(H,25,27). The monoisotopic (exact) mass is 377 g/mol. The van der Waals surface area contributed by atoms with Crippen molar-refractivity contribution < 1.29 is 4.74 Å². The Balaban J connectivity index is 1.44. The number of imidazole rings is 1. The zero-order valence-corrected chi connectivity index (χ0v) is 15.6. The maximum Gasteiger partial charge on any atom is 0.326 e. The third-order valence-electron chi connectivity index (χ3n) is 7.35. The summed E-state index contributed by atoms with van der Waals surface area (Å²) in [6.45, 7) is 0.524. The lowest BCUT2D eigenvalue weighted by atomic mass is 9.52. The van der Waals surface area contributed by atoms with Crippen LogP contribution in [0.25, 0.3) is 22.1 Å². The van der Waals surface area contributed by atoms with Crippen molar-refractivity contribution in [2.24, 2.45) is 17.8 Å². The van der Waals surface area contributed by atoms with Crippen LogP contribution in [0.2, 0.25) is 0 Å². The highest BCUT2D eigenvalue weighted by Crippen LogP contribution is 2.61. The van der Waals surface area contributed by atoms with Gasteiger partial charge in [-0.1, -0.05) is 0 Å². The summed E-state index contributed by atoms with van der Waals surface area (Å²) in [6.07, 6.45) is 9.55. The molecule has 4 saturated carbocycles.